The predicted molar refractivity (Wildman–Crippen MR) is 87.7 cm³/mol. The number of aliphatic hydroxyl groups excluding tert-OH is 1. The second-order valence-electron chi connectivity index (χ2n) is 7.09. The van der Waals surface area contributed by atoms with Gasteiger partial charge in [0.15, 0.2) is 0 Å². The summed E-state index contributed by atoms with van der Waals surface area (Å²) >= 11 is 0. The van der Waals surface area contributed by atoms with Gasteiger partial charge in [0.25, 0.3) is 0 Å². The van der Waals surface area contributed by atoms with E-state index in [1.54, 1.807) is 6.20 Å². The van der Waals surface area contributed by atoms with Gasteiger partial charge in [-0.1, -0.05) is 19.3 Å². The van der Waals surface area contributed by atoms with Crippen LogP contribution in [0.15, 0.2) is 6.20 Å². The molecule has 1 aliphatic carbocycles. The first kappa shape index (κ1) is 15.9. The van der Waals surface area contributed by atoms with E-state index in [0.29, 0.717) is 5.92 Å². The van der Waals surface area contributed by atoms with Crippen molar-refractivity contribution >= 4 is 0 Å². The van der Waals surface area contributed by atoms with Gasteiger partial charge >= 0.3 is 0 Å². The Morgan fingerprint density at radius 2 is 2.00 bits per heavy atom. The van der Waals surface area contributed by atoms with Gasteiger partial charge in [0, 0.05) is 30.8 Å². The van der Waals surface area contributed by atoms with Gasteiger partial charge in [-0.15, -0.1) is 0 Å². The number of aromatic nitrogens is 2. The molecular weight excluding hydrogens is 274 g/mol. The first-order chi connectivity index (χ1) is 10.8. The van der Waals surface area contributed by atoms with Crippen molar-refractivity contribution in [2.75, 3.05) is 19.6 Å². The molecular formula is C18H29N3O. The summed E-state index contributed by atoms with van der Waals surface area (Å²) in [7, 11) is 0. The lowest BCUT2D eigenvalue weighted by molar-refractivity contribution is 0.158. The minimum absolute atomic E-state index is 0.0503. The van der Waals surface area contributed by atoms with Gasteiger partial charge in [-0.2, -0.15) is 0 Å². The summed E-state index contributed by atoms with van der Waals surface area (Å²) in [5.41, 5.74) is 2.00. The third kappa shape index (κ3) is 3.85. The van der Waals surface area contributed by atoms with Crippen molar-refractivity contribution in [1.29, 1.82) is 0 Å². The molecule has 1 aromatic rings. The van der Waals surface area contributed by atoms with E-state index in [-0.39, 0.29) is 6.61 Å². The van der Waals surface area contributed by atoms with Crippen LogP contribution in [0.3, 0.4) is 0 Å². The molecule has 22 heavy (non-hydrogen) atoms. The molecule has 1 atom stereocenters. The molecule has 3 rings (SSSR count). The molecule has 122 valence electrons. The Kier molecular flexibility index (Phi) is 5.42. The van der Waals surface area contributed by atoms with Gasteiger partial charge in [0.2, 0.25) is 0 Å². The smallest absolute Gasteiger partial charge is 0.125 e. The third-order valence-corrected chi connectivity index (χ3v) is 5.32. The van der Waals surface area contributed by atoms with Crippen LogP contribution in [0.4, 0.5) is 0 Å². The van der Waals surface area contributed by atoms with Gasteiger partial charge in [-0.3, -0.25) is 0 Å². The monoisotopic (exact) mass is 303 g/mol. The molecule has 0 radical (unpaired) electrons. The molecule has 2 heterocycles. The summed E-state index contributed by atoms with van der Waals surface area (Å²) < 4.78 is 0. The SMILES string of the molecule is Cc1ncc(CO)c(C2CCCN(CC3CCCCC3)C2)n1. The van der Waals surface area contributed by atoms with Crippen LogP contribution in [0.2, 0.25) is 0 Å². The second kappa shape index (κ2) is 7.51. The number of rotatable bonds is 4. The first-order valence-electron chi connectivity index (χ1n) is 8.92. The van der Waals surface area contributed by atoms with Crippen LogP contribution in [0.1, 0.15) is 67.9 Å². The molecule has 4 nitrogen and oxygen atoms in total. The van der Waals surface area contributed by atoms with Crippen molar-refractivity contribution in [3.05, 3.63) is 23.3 Å². The van der Waals surface area contributed by atoms with Crippen molar-refractivity contribution < 1.29 is 5.11 Å². The minimum Gasteiger partial charge on any atom is -0.392 e. The molecule has 0 aromatic carbocycles. The summed E-state index contributed by atoms with van der Waals surface area (Å²) in [4.78, 5) is 11.5. The van der Waals surface area contributed by atoms with Gasteiger partial charge < -0.3 is 10.0 Å². The molecule has 2 aliphatic rings. The zero-order valence-corrected chi connectivity index (χ0v) is 13.8. The van der Waals surface area contributed by atoms with Gasteiger partial charge in [-0.05, 0) is 45.1 Å². The quantitative estimate of drug-likeness (QED) is 0.929. The fourth-order valence-corrected chi connectivity index (χ4v) is 4.17. The molecule has 1 saturated carbocycles. The summed E-state index contributed by atoms with van der Waals surface area (Å²) in [5.74, 6) is 2.18. The molecule has 1 aliphatic heterocycles. The number of hydrogen-bond acceptors (Lipinski definition) is 4. The molecule has 1 unspecified atom stereocenters. The second-order valence-corrected chi connectivity index (χ2v) is 7.09. The van der Waals surface area contributed by atoms with Crippen LogP contribution in [0.25, 0.3) is 0 Å². The molecule has 4 heteroatoms. The predicted octanol–water partition coefficient (Wildman–Crippen LogP) is 3.04. The van der Waals surface area contributed by atoms with E-state index >= 15 is 0 Å². The van der Waals surface area contributed by atoms with Crippen LogP contribution in [-0.2, 0) is 6.61 Å². The summed E-state index contributed by atoms with van der Waals surface area (Å²) in [6.45, 7) is 5.57. The van der Waals surface area contributed by atoms with Crippen molar-refractivity contribution in [2.45, 2.75) is 64.4 Å². The van der Waals surface area contributed by atoms with Crippen molar-refractivity contribution in [2.24, 2.45) is 5.92 Å². The Morgan fingerprint density at radius 3 is 2.77 bits per heavy atom. The molecule has 0 spiro atoms. The third-order valence-electron chi connectivity index (χ3n) is 5.32. The average Bonchev–Trinajstić information content (AvgIpc) is 2.56. The lowest BCUT2D eigenvalue weighted by Crippen LogP contribution is -2.38. The summed E-state index contributed by atoms with van der Waals surface area (Å²) in [6, 6.07) is 0. The number of hydrogen-bond donors (Lipinski definition) is 1. The molecule has 0 bridgehead atoms. The standard InChI is InChI=1S/C18H29N3O/c1-14-19-10-17(13-22)18(20-14)16-8-5-9-21(12-16)11-15-6-3-2-4-7-15/h10,15-16,22H,2-9,11-13H2,1H3. The molecule has 1 aromatic heterocycles. The Labute approximate surface area is 134 Å². The van der Waals surface area contributed by atoms with E-state index in [4.69, 9.17) is 0 Å². The molecule has 0 amide bonds. The Morgan fingerprint density at radius 1 is 1.18 bits per heavy atom. The summed E-state index contributed by atoms with van der Waals surface area (Å²) in [6.07, 6.45) is 11.3. The van der Waals surface area contributed by atoms with Crippen molar-refractivity contribution in [1.82, 2.24) is 14.9 Å². The van der Waals surface area contributed by atoms with Gasteiger partial charge in [0.05, 0.1) is 12.3 Å². The number of aliphatic hydroxyl groups is 1. The lowest BCUT2D eigenvalue weighted by Gasteiger charge is -2.36. The summed E-state index contributed by atoms with van der Waals surface area (Å²) in [5, 5.41) is 9.57. The van der Waals surface area contributed by atoms with Crippen LogP contribution in [-0.4, -0.2) is 39.6 Å². The zero-order valence-electron chi connectivity index (χ0n) is 13.8. The highest BCUT2D eigenvalue weighted by Gasteiger charge is 2.26. The topological polar surface area (TPSA) is 49.3 Å². The number of likely N-dealkylation sites (tertiary alicyclic amines) is 1. The van der Waals surface area contributed by atoms with E-state index < -0.39 is 0 Å². The van der Waals surface area contributed by atoms with Crippen molar-refractivity contribution in [3.63, 3.8) is 0 Å². The number of piperidine rings is 1. The highest BCUT2D eigenvalue weighted by atomic mass is 16.3. The number of aryl methyl sites for hydroxylation is 1. The van der Waals surface area contributed by atoms with Crippen LogP contribution in [0.5, 0.6) is 0 Å². The van der Waals surface area contributed by atoms with Crippen LogP contribution >= 0.6 is 0 Å². The maximum Gasteiger partial charge on any atom is 0.125 e. The van der Waals surface area contributed by atoms with E-state index in [9.17, 15) is 5.11 Å². The Hall–Kier alpha value is -1.00. The van der Waals surface area contributed by atoms with E-state index in [0.717, 1.165) is 29.5 Å². The minimum atomic E-state index is 0.0503. The molecule has 1 saturated heterocycles. The van der Waals surface area contributed by atoms with Gasteiger partial charge in [-0.25, -0.2) is 9.97 Å². The maximum atomic E-state index is 9.57. The molecule has 1 N–H and O–H groups in total. The van der Waals surface area contributed by atoms with Crippen LogP contribution < -0.4 is 0 Å². The fraction of sp³-hybridized carbons (Fsp3) is 0.778. The average molecular weight is 303 g/mol. The van der Waals surface area contributed by atoms with Gasteiger partial charge in [0.1, 0.15) is 5.82 Å². The maximum absolute atomic E-state index is 9.57. The lowest BCUT2D eigenvalue weighted by atomic mass is 9.87. The van der Waals surface area contributed by atoms with E-state index in [1.165, 1.54) is 58.0 Å². The Balaban J connectivity index is 1.66. The van der Waals surface area contributed by atoms with Crippen molar-refractivity contribution in [3.8, 4) is 0 Å². The van der Waals surface area contributed by atoms with E-state index in [2.05, 4.69) is 14.9 Å². The Bertz CT molecular complexity index is 485. The first-order valence-corrected chi connectivity index (χ1v) is 8.92. The normalized spacial score (nSPS) is 24.5. The molecule has 2 fully saturated rings. The zero-order chi connectivity index (χ0) is 15.4. The van der Waals surface area contributed by atoms with E-state index in [1.807, 2.05) is 6.92 Å². The largest absolute Gasteiger partial charge is 0.392 e. The highest BCUT2D eigenvalue weighted by molar-refractivity contribution is 5.21. The highest BCUT2D eigenvalue weighted by Crippen LogP contribution is 2.30. The van der Waals surface area contributed by atoms with Crippen LogP contribution in [0, 0.1) is 12.8 Å². The fourth-order valence-electron chi connectivity index (χ4n) is 4.17. The number of nitrogens with zero attached hydrogens (tertiary/aromatic N) is 3.